The van der Waals surface area contributed by atoms with Gasteiger partial charge in [0.1, 0.15) is 0 Å². The van der Waals surface area contributed by atoms with Gasteiger partial charge in [0.25, 0.3) is 0 Å². The molecule has 2 nitrogen and oxygen atoms in total. The lowest BCUT2D eigenvalue weighted by Gasteiger charge is -1.98. The Balaban J connectivity index is 2.11. The maximum Gasteiger partial charge on any atom is 0.234 e. The quantitative estimate of drug-likeness (QED) is 0.626. The van der Waals surface area contributed by atoms with Gasteiger partial charge in [-0.2, -0.15) is 0 Å². The van der Waals surface area contributed by atoms with Gasteiger partial charge in [0.15, 0.2) is 6.29 Å². The first-order valence-electron chi connectivity index (χ1n) is 4.72. The monoisotopic (exact) mass is 282 g/mol. The molecule has 0 amide bonds. The number of carbonyl (C=O) groups is 2. The number of benzene rings is 1. The lowest BCUT2D eigenvalue weighted by atomic mass is 10.4. The topological polar surface area (TPSA) is 34.1 Å². The smallest absolute Gasteiger partial charge is 0.234 e. The summed E-state index contributed by atoms with van der Waals surface area (Å²) in [6, 6.07) is 10.4. The fourth-order valence-corrected chi connectivity index (χ4v) is 2.87. The second-order valence-corrected chi connectivity index (χ2v) is 5.76. The van der Waals surface area contributed by atoms with Gasteiger partial charge in [-0.3, -0.25) is 9.59 Å². The lowest BCUT2D eigenvalue weighted by Crippen LogP contribution is -1.87. The summed E-state index contributed by atoms with van der Waals surface area (Å²) >= 11 is 8.08. The van der Waals surface area contributed by atoms with E-state index in [4.69, 9.17) is 11.6 Å². The summed E-state index contributed by atoms with van der Waals surface area (Å²) in [5.74, 6) is 0. The molecule has 0 saturated heterocycles. The number of thioether (sulfide) groups is 1. The molecule has 1 heterocycles. The third kappa shape index (κ3) is 3.19. The summed E-state index contributed by atoms with van der Waals surface area (Å²) in [4.78, 5) is 24.3. The van der Waals surface area contributed by atoms with E-state index in [1.54, 1.807) is 36.4 Å². The van der Waals surface area contributed by atoms with Crippen molar-refractivity contribution in [2.45, 2.75) is 4.90 Å². The second-order valence-electron chi connectivity index (χ2n) is 3.16. The van der Waals surface area contributed by atoms with Crippen molar-refractivity contribution in [1.29, 1.82) is 0 Å². The average molecular weight is 283 g/mol. The molecule has 0 spiro atoms. The van der Waals surface area contributed by atoms with Gasteiger partial charge in [-0.05, 0) is 48.2 Å². The molecule has 1 aromatic carbocycles. The van der Waals surface area contributed by atoms with E-state index < -0.39 is 0 Å². The average Bonchev–Trinajstić information content (AvgIpc) is 2.81. The molecule has 86 valence electrons. The zero-order valence-corrected chi connectivity index (χ0v) is 10.9. The number of halogens is 1. The molecule has 0 radical (unpaired) electrons. The van der Waals surface area contributed by atoms with Crippen LogP contribution in [0.15, 0.2) is 41.3 Å². The molecule has 0 fully saturated rings. The molecule has 0 N–H and O–H groups in total. The summed E-state index contributed by atoms with van der Waals surface area (Å²) in [7, 11) is 0. The molecular formula is C12H7ClO2S2. The Morgan fingerprint density at radius 3 is 2.47 bits per heavy atom. The summed E-state index contributed by atoms with van der Waals surface area (Å²) < 4.78 is 0. The van der Waals surface area contributed by atoms with Gasteiger partial charge in [-0.1, -0.05) is 11.6 Å². The van der Waals surface area contributed by atoms with E-state index >= 15 is 0 Å². The second kappa shape index (κ2) is 5.49. The van der Waals surface area contributed by atoms with Crippen LogP contribution in [0, 0.1) is 0 Å². The van der Waals surface area contributed by atoms with Crippen LogP contribution >= 0.6 is 34.7 Å². The van der Waals surface area contributed by atoms with E-state index in [-0.39, 0.29) is 5.12 Å². The molecule has 0 aliphatic heterocycles. The molecule has 5 heteroatoms. The fourth-order valence-electron chi connectivity index (χ4n) is 1.19. The van der Waals surface area contributed by atoms with Gasteiger partial charge in [-0.15, -0.1) is 11.3 Å². The lowest BCUT2D eigenvalue weighted by molar-refractivity contribution is 0.109. The van der Waals surface area contributed by atoms with Crippen molar-refractivity contribution < 1.29 is 9.59 Å². The normalized spacial score (nSPS) is 10.2. The molecule has 17 heavy (non-hydrogen) atoms. The van der Waals surface area contributed by atoms with Crippen molar-refractivity contribution in [2.24, 2.45) is 0 Å². The van der Waals surface area contributed by atoms with Crippen molar-refractivity contribution in [2.75, 3.05) is 0 Å². The predicted molar refractivity (Wildman–Crippen MR) is 71.3 cm³/mol. The molecule has 0 atom stereocenters. The minimum absolute atomic E-state index is 0.0644. The van der Waals surface area contributed by atoms with Crippen LogP contribution in [0.25, 0.3) is 0 Å². The molecule has 0 bridgehead atoms. The third-order valence-electron chi connectivity index (χ3n) is 1.97. The van der Waals surface area contributed by atoms with E-state index in [0.29, 0.717) is 14.8 Å². The van der Waals surface area contributed by atoms with Gasteiger partial charge in [0.2, 0.25) is 5.12 Å². The van der Waals surface area contributed by atoms with Crippen molar-refractivity contribution in [3.05, 3.63) is 51.2 Å². The highest BCUT2D eigenvalue weighted by Crippen LogP contribution is 2.27. The maximum atomic E-state index is 11.9. The number of hydrogen-bond acceptors (Lipinski definition) is 4. The Bertz CT molecular complexity index is 546. The van der Waals surface area contributed by atoms with E-state index in [9.17, 15) is 9.59 Å². The number of hydrogen-bond donors (Lipinski definition) is 0. The van der Waals surface area contributed by atoms with E-state index in [1.807, 2.05) is 0 Å². The fraction of sp³-hybridized carbons (Fsp3) is 0. The summed E-state index contributed by atoms with van der Waals surface area (Å²) in [5, 5.41) is 0.576. The Hall–Kier alpha value is -1.10. The van der Waals surface area contributed by atoms with Crippen LogP contribution in [-0.4, -0.2) is 11.4 Å². The Morgan fingerprint density at radius 1 is 1.18 bits per heavy atom. The summed E-state index contributed by atoms with van der Waals surface area (Å²) in [5.41, 5.74) is 0. The summed E-state index contributed by atoms with van der Waals surface area (Å²) in [6.45, 7) is 0. The van der Waals surface area contributed by atoms with Crippen molar-refractivity contribution in [3.63, 3.8) is 0 Å². The Kier molecular flexibility index (Phi) is 3.99. The molecule has 0 saturated carbocycles. The number of thiophene rings is 1. The number of aldehydes is 1. The van der Waals surface area contributed by atoms with Crippen LogP contribution in [-0.2, 0) is 0 Å². The van der Waals surface area contributed by atoms with Gasteiger partial charge in [0.05, 0.1) is 9.75 Å². The van der Waals surface area contributed by atoms with Crippen LogP contribution < -0.4 is 0 Å². The minimum Gasteiger partial charge on any atom is -0.297 e. The van der Waals surface area contributed by atoms with Gasteiger partial charge < -0.3 is 0 Å². The number of carbonyl (C=O) groups excluding carboxylic acids is 2. The maximum absolute atomic E-state index is 11.9. The van der Waals surface area contributed by atoms with Crippen molar-refractivity contribution in [3.8, 4) is 0 Å². The van der Waals surface area contributed by atoms with Gasteiger partial charge in [-0.25, -0.2) is 0 Å². The van der Waals surface area contributed by atoms with Crippen molar-refractivity contribution in [1.82, 2.24) is 0 Å². The molecule has 0 aliphatic carbocycles. The molecule has 2 rings (SSSR count). The third-order valence-corrected chi connectivity index (χ3v) is 4.27. The largest absolute Gasteiger partial charge is 0.297 e. The predicted octanol–water partition coefficient (Wildman–Crippen LogP) is 4.15. The van der Waals surface area contributed by atoms with E-state index in [2.05, 4.69) is 0 Å². The van der Waals surface area contributed by atoms with Crippen LogP contribution in [0.3, 0.4) is 0 Å². The minimum atomic E-state index is -0.0644. The standard InChI is InChI=1S/C12H7ClO2S2/c13-8-1-3-9(4-2-8)17-12(15)11-6-5-10(7-14)16-11/h1-7H. The summed E-state index contributed by atoms with van der Waals surface area (Å²) in [6.07, 6.45) is 0.744. The van der Waals surface area contributed by atoms with Crippen LogP contribution in [0.1, 0.15) is 19.3 Å². The molecule has 0 unspecified atom stereocenters. The molecule has 2 aromatic rings. The van der Waals surface area contributed by atoms with Crippen LogP contribution in [0.4, 0.5) is 0 Å². The van der Waals surface area contributed by atoms with Crippen LogP contribution in [0.5, 0.6) is 0 Å². The zero-order valence-electron chi connectivity index (χ0n) is 8.55. The zero-order chi connectivity index (χ0) is 12.3. The first kappa shape index (κ1) is 12.4. The Morgan fingerprint density at radius 2 is 1.88 bits per heavy atom. The Labute approximate surface area is 112 Å². The highest BCUT2D eigenvalue weighted by molar-refractivity contribution is 8.14. The molecular weight excluding hydrogens is 276 g/mol. The van der Waals surface area contributed by atoms with Gasteiger partial charge in [0, 0.05) is 9.92 Å². The van der Waals surface area contributed by atoms with E-state index in [1.165, 1.54) is 11.3 Å². The van der Waals surface area contributed by atoms with Crippen LogP contribution in [0.2, 0.25) is 5.02 Å². The highest BCUT2D eigenvalue weighted by atomic mass is 35.5. The van der Waals surface area contributed by atoms with Gasteiger partial charge >= 0.3 is 0 Å². The first-order valence-corrected chi connectivity index (χ1v) is 6.73. The van der Waals surface area contributed by atoms with Crippen molar-refractivity contribution >= 4 is 46.1 Å². The van der Waals surface area contributed by atoms with E-state index in [0.717, 1.165) is 22.9 Å². The first-order chi connectivity index (χ1) is 8.19. The molecule has 0 aliphatic rings. The number of rotatable bonds is 3. The highest BCUT2D eigenvalue weighted by Gasteiger charge is 2.10. The SMILES string of the molecule is O=Cc1ccc(C(=O)Sc2ccc(Cl)cc2)s1. The molecule has 1 aromatic heterocycles.